The fraction of sp³-hybridized carbons (Fsp3) is 0.441. The van der Waals surface area contributed by atoms with Crippen LogP contribution in [0.2, 0.25) is 10.0 Å². The van der Waals surface area contributed by atoms with Gasteiger partial charge < -0.3 is 14.4 Å². The van der Waals surface area contributed by atoms with Gasteiger partial charge in [0.05, 0.1) is 19.3 Å². The van der Waals surface area contributed by atoms with E-state index in [0.717, 1.165) is 29.2 Å². The lowest BCUT2D eigenvalue weighted by Gasteiger charge is -2.33. The molecule has 1 aromatic heterocycles. The monoisotopic (exact) mass is 644 g/mol. The fourth-order valence-electron chi connectivity index (χ4n) is 4.35. The number of benzene rings is 2. The summed E-state index contributed by atoms with van der Waals surface area (Å²) in [6.07, 6.45) is 4.13. The van der Waals surface area contributed by atoms with Gasteiger partial charge in [0.1, 0.15) is 6.10 Å². The predicted octanol–water partition coefficient (Wildman–Crippen LogP) is 7.80. The van der Waals surface area contributed by atoms with E-state index in [1.165, 1.54) is 13.3 Å². The highest BCUT2D eigenvalue weighted by molar-refractivity contribution is 8.00. The summed E-state index contributed by atoms with van der Waals surface area (Å²) in [4.78, 5) is 31.8. The van der Waals surface area contributed by atoms with Crippen molar-refractivity contribution in [1.29, 1.82) is 0 Å². The van der Waals surface area contributed by atoms with Crippen LogP contribution >= 0.6 is 35.0 Å². The summed E-state index contributed by atoms with van der Waals surface area (Å²) < 4.78 is 11.1. The van der Waals surface area contributed by atoms with Crippen LogP contribution in [-0.2, 0) is 27.1 Å². The van der Waals surface area contributed by atoms with E-state index in [4.69, 9.17) is 32.7 Å². The van der Waals surface area contributed by atoms with Gasteiger partial charge in [-0.25, -0.2) is 4.79 Å². The van der Waals surface area contributed by atoms with Crippen molar-refractivity contribution in [2.45, 2.75) is 63.3 Å². The number of pyridine rings is 1. The maximum Gasteiger partial charge on any atom is 0.339 e. The Morgan fingerprint density at radius 3 is 2.16 bits per heavy atom. The first kappa shape index (κ1) is 34.9. The molecule has 1 saturated carbocycles. The summed E-state index contributed by atoms with van der Waals surface area (Å²) in [6, 6.07) is 20.7. The Balaban J connectivity index is 0.000000633. The first-order chi connectivity index (χ1) is 20.5. The Kier molecular flexibility index (Phi) is 13.8. The normalized spacial score (nSPS) is 14.2. The number of esters is 1. The third-order valence-electron chi connectivity index (χ3n) is 6.97. The van der Waals surface area contributed by atoms with Crippen molar-refractivity contribution in [3.8, 4) is 0 Å². The molecular formula is C34H42Cl2N2O4S. The zero-order chi connectivity index (χ0) is 31.4. The van der Waals surface area contributed by atoms with Gasteiger partial charge in [0, 0.05) is 51.9 Å². The van der Waals surface area contributed by atoms with E-state index in [2.05, 4.69) is 25.8 Å². The zero-order valence-corrected chi connectivity index (χ0v) is 27.9. The van der Waals surface area contributed by atoms with Crippen molar-refractivity contribution in [3.05, 3.63) is 99.8 Å². The van der Waals surface area contributed by atoms with E-state index in [0.29, 0.717) is 41.6 Å². The van der Waals surface area contributed by atoms with Gasteiger partial charge in [-0.1, -0.05) is 74.3 Å². The van der Waals surface area contributed by atoms with Crippen LogP contribution in [0.3, 0.4) is 0 Å². The number of amides is 1. The zero-order valence-electron chi connectivity index (χ0n) is 25.6. The maximum absolute atomic E-state index is 13.7. The Hall–Kier alpha value is -2.58. The first-order valence-electron chi connectivity index (χ1n) is 14.5. The van der Waals surface area contributed by atoms with E-state index in [-0.39, 0.29) is 16.7 Å². The molecule has 2 unspecified atom stereocenters. The SMILES string of the molecule is COC(=O)c1ccc(CC(OCCc2ccc(Cl)cc2)C(=O)N(C)C(CSC(C)(C)C)C2CC2)nc1.Clc1ccccc1. The van der Waals surface area contributed by atoms with Gasteiger partial charge in [0.2, 0.25) is 0 Å². The van der Waals surface area contributed by atoms with E-state index in [1.54, 1.807) is 12.1 Å². The molecule has 2 aromatic carbocycles. The topological polar surface area (TPSA) is 68.7 Å². The van der Waals surface area contributed by atoms with Crippen molar-refractivity contribution in [2.24, 2.45) is 5.92 Å². The average molecular weight is 646 g/mol. The van der Waals surface area contributed by atoms with Crippen molar-refractivity contribution in [3.63, 3.8) is 0 Å². The van der Waals surface area contributed by atoms with Gasteiger partial charge in [0.25, 0.3) is 5.91 Å². The van der Waals surface area contributed by atoms with Gasteiger partial charge in [-0.2, -0.15) is 11.8 Å². The van der Waals surface area contributed by atoms with Crippen LogP contribution in [0.1, 0.15) is 55.2 Å². The molecule has 0 spiro atoms. The minimum atomic E-state index is -0.667. The van der Waals surface area contributed by atoms with E-state index >= 15 is 0 Å². The molecule has 1 aliphatic carbocycles. The van der Waals surface area contributed by atoms with E-state index in [9.17, 15) is 9.59 Å². The van der Waals surface area contributed by atoms with Crippen molar-refractivity contribution >= 4 is 46.8 Å². The molecular weight excluding hydrogens is 603 g/mol. The number of hydrogen-bond acceptors (Lipinski definition) is 6. The lowest BCUT2D eigenvalue weighted by atomic mass is 10.1. The second-order valence-electron chi connectivity index (χ2n) is 11.5. The predicted molar refractivity (Wildman–Crippen MR) is 177 cm³/mol. The molecule has 9 heteroatoms. The number of nitrogens with zero attached hydrogens (tertiary/aromatic N) is 2. The molecule has 0 N–H and O–H groups in total. The van der Waals surface area contributed by atoms with Crippen LogP contribution in [0.15, 0.2) is 72.9 Å². The largest absolute Gasteiger partial charge is 0.465 e. The van der Waals surface area contributed by atoms with Crippen LogP contribution in [0.4, 0.5) is 0 Å². The number of thioether (sulfide) groups is 1. The highest BCUT2D eigenvalue weighted by Gasteiger charge is 2.38. The van der Waals surface area contributed by atoms with Gasteiger partial charge in [-0.15, -0.1) is 0 Å². The smallest absolute Gasteiger partial charge is 0.339 e. The number of halogens is 2. The fourth-order valence-corrected chi connectivity index (χ4v) is 5.79. The second-order valence-corrected chi connectivity index (χ2v) is 14.3. The highest BCUT2D eigenvalue weighted by Crippen LogP contribution is 2.38. The average Bonchev–Trinajstić information content (AvgIpc) is 3.83. The van der Waals surface area contributed by atoms with E-state index < -0.39 is 12.1 Å². The summed E-state index contributed by atoms with van der Waals surface area (Å²) in [5.41, 5.74) is 2.16. The van der Waals surface area contributed by atoms with Gasteiger partial charge in [0.15, 0.2) is 0 Å². The van der Waals surface area contributed by atoms with Gasteiger partial charge in [-0.05, 0) is 67.1 Å². The van der Waals surface area contributed by atoms with Gasteiger partial charge >= 0.3 is 5.97 Å². The minimum Gasteiger partial charge on any atom is -0.465 e. The molecule has 0 radical (unpaired) electrons. The molecule has 43 heavy (non-hydrogen) atoms. The molecule has 1 amide bonds. The van der Waals surface area contributed by atoms with Crippen LogP contribution in [0, 0.1) is 5.92 Å². The van der Waals surface area contributed by atoms with E-state index in [1.807, 2.05) is 78.3 Å². The number of ether oxygens (including phenoxy) is 2. The molecule has 1 aliphatic rings. The maximum atomic E-state index is 13.7. The lowest BCUT2D eigenvalue weighted by Crippen LogP contribution is -2.47. The summed E-state index contributed by atoms with van der Waals surface area (Å²) in [6.45, 7) is 7.01. The molecule has 4 rings (SSSR count). The summed E-state index contributed by atoms with van der Waals surface area (Å²) in [5.74, 6) is 0.974. The molecule has 232 valence electrons. The molecule has 0 bridgehead atoms. The minimum absolute atomic E-state index is 0.0311. The second kappa shape index (κ2) is 17.0. The van der Waals surface area contributed by atoms with Crippen LogP contribution in [-0.4, -0.2) is 65.2 Å². The Morgan fingerprint density at radius 1 is 1.00 bits per heavy atom. The summed E-state index contributed by atoms with van der Waals surface area (Å²) in [5, 5.41) is 1.48. The molecule has 3 aromatic rings. The number of rotatable bonds is 12. The number of hydrogen-bond donors (Lipinski definition) is 0. The van der Waals surface area contributed by atoms with Crippen molar-refractivity contribution in [1.82, 2.24) is 9.88 Å². The molecule has 2 atom stereocenters. The standard InChI is InChI=1S/C28H37ClN2O4S.C6H5Cl/c1-28(2,3)36-18-24(20-8-9-20)31(4)26(32)25(35-15-14-19-6-11-22(29)12-7-19)16-23-13-10-21(17-30-23)27(33)34-5;7-6-4-2-1-3-5-6/h6-7,10-13,17,20,24-25H,8-9,14-16,18H2,1-5H3;1-5H. The van der Waals surface area contributed by atoms with Crippen molar-refractivity contribution in [2.75, 3.05) is 26.5 Å². The molecule has 0 aliphatic heterocycles. The Bertz CT molecular complexity index is 1280. The highest BCUT2D eigenvalue weighted by atomic mass is 35.5. The third kappa shape index (κ3) is 12.5. The number of aromatic nitrogens is 1. The number of carbonyl (C=O) groups excluding carboxylic acids is 2. The number of likely N-dealkylation sites (N-methyl/N-ethyl adjacent to an activating group) is 1. The van der Waals surface area contributed by atoms with Crippen LogP contribution < -0.4 is 0 Å². The summed E-state index contributed by atoms with van der Waals surface area (Å²) in [7, 11) is 3.24. The van der Waals surface area contributed by atoms with Crippen molar-refractivity contribution < 1.29 is 19.1 Å². The number of carbonyl (C=O) groups is 2. The third-order valence-corrected chi connectivity index (χ3v) is 8.85. The van der Waals surface area contributed by atoms with Gasteiger partial charge in [-0.3, -0.25) is 9.78 Å². The molecule has 1 fully saturated rings. The van der Waals surface area contributed by atoms with Crippen LogP contribution in [0.5, 0.6) is 0 Å². The number of methoxy groups -OCH3 is 1. The Labute approximate surface area is 270 Å². The summed E-state index contributed by atoms with van der Waals surface area (Å²) >= 11 is 13.4. The first-order valence-corrected chi connectivity index (χ1v) is 16.2. The molecule has 6 nitrogen and oxygen atoms in total. The quantitative estimate of drug-likeness (QED) is 0.187. The lowest BCUT2D eigenvalue weighted by molar-refractivity contribution is -0.144. The Morgan fingerprint density at radius 2 is 1.65 bits per heavy atom. The molecule has 1 heterocycles. The van der Waals surface area contributed by atoms with Crippen LogP contribution in [0.25, 0.3) is 0 Å². The molecule has 0 saturated heterocycles.